The molecule has 3 heterocycles. The van der Waals surface area contributed by atoms with E-state index in [1.165, 1.54) is 30.5 Å². The molecule has 0 spiro atoms. The number of rotatable bonds is 4. The van der Waals surface area contributed by atoms with Gasteiger partial charge in [-0.1, -0.05) is 0 Å². The minimum Gasteiger partial charge on any atom is -0.477 e. The Hall–Kier alpha value is -2.68. The zero-order valence-corrected chi connectivity index (χ0v) is 15.5. The number of aliphatic carboxylic acids is 1. The Labute approximate surface area is 159 Å². The topological polar surface area (TPSA) is 106 Å². The van der Waals surface area contributed by atoms with Crippen molar-refractivity contribution in [1.82, 2.24) is 14.9 Å². The van der Waals surface area contributed by atoms with Crippen LogP contribution in [-0.2, 0) is 33.6 Å². The van der Waals surface area contributed by atoms with Crippen LogP contribution in [0.4, 0.5) is 0 Å². The Morgan fingerprint density at radius 2 is 2.26 bits per heavy atom. The molecule has 9 heteroatoms. The van der Waals surface area contributed by atoms with Gasteiger partial charge in [-0.2, -0.15) is 5.10 Å². The van der Waals surface area contributed by atoms with Gasteiger partial charge in [-0.25, -0.2) is 14.1 Å². The first kappa shape index (κ1) is 17.7. The molecule has 0 aromatic carbocycles. The Morgan fingerprint density at radius 3 is 3.04 bits per heavy atom. The number of esters is 1. The van der Waals surface area contributed by atoms with Gasteiger partial charge < -0.3 is 19.6 Å². The molecule has 0 saturated carbocycles. The van der Waals surface area contributed by atoms with Gasteiger partial charge in [0.25, 0.3) is 0 Å². The number of aryl methyl sites for hydroxylation is 2. The number of aromatic nitrogens is 2. The molecule has 4 rings (SSSR count). The molecular formula is C18H19N3O5S. The number of hydrogen-bond acceptors (Lipinski definition) is 7. The van der Waals surface area contributed by atoms with Crippen molar-refractivity contribution < 1.29 is 23.8 Å². The van der Waals surface area contributed by atoms with Crippen molar-refractivity contribution in [1.29, 1.82) is 0 Å². The fourth-order valence-electron chi connectivity index (χ4n) is 3.37. The highest BCUT2D eigenvalue weighted by molar-refractivity contribution is 8.03. The first-order chi connectivity index (χ1) is 13.1. The van der Waals surface area contributed by atoms with Crippen molar-refractivity contribution in [3.63, 3.8) is 0 Å². The van der Waals surface area contributed by atoms with E-state index < -0.39 is 11.9 Å². The monoisotopic (exact) mass is 389 g/mol. The molecule has 142 valence electrons. The van der Waals surface area contributed by atoms with E-state index in [-0.39, 0.29) is 10.9 Å². The van der Waals surface area contributed by atoms with Crippen LogP contribution in [0, 0.1) is 0 Å². The Kier molecular flexibility index (Phi) is 4.69. The van der Waals surface area contributed by atoms with Crippen molar-refractivity contribution in [3.8, 4) is 0 Å². The molecule has 0 saturated heterocycles. The lowest BCUT2D eigenvalue weighted by molar-refractivity contribution is -0.136. The lowest BCUT2D eigenvalue weighted by Gasteiger charge is -2.14. The maximum Gasteiger partial charge on any atom is 0.352 e. The first-order valence-electron chi connectivity index (χ1n) is 8.70. The fourth-order valence-corrected chi connectivity index (χ4v) is 4.42. The summed E-state index contributed by atoms with van der Waals surface area (Å²) < 4.78 is 12.6. The minimum absolute atomic E-state index is 0.0107. The highest BCUT2D eigenvalue weighted by atomic mass is 32.2. The van der Waals surface area contributed by atoms with Crippen LogP contribution in [0.1, 0.15) is 30.0 Å². The van der Waals surface area contributed by atoms with Gasteiger partial charge in [0.15, 0.2) is 0 Å². The summed E-state index contributed by atoms with van der Waals surface area (Å²) in [7, 11) is 1.30. The van der Waals surface area contributed by atoms with Crippen LogP contribution in [-0.4, -0.2) is 39.0 Å². The van der Waals surface area contributed by atoms with E-state index in [2.05, 4.69) is 10.4 Å². The Balaban J connectivity index is 1.62. The third-order valence-corrected chi connectivity index (χ3v) is 5.85. The number of ether oxygens (including phenoxy) is 1. The second kappa shape index (κ2) is 7.15. The SMILES string of the molecule is COC(=O)C1=CNC(C(=O)O)=CSC1Cc1cc2oc3c(n2n1)CCCC3. The number of oxazole rings is 1. The van der Waals surface area contributed by atoms with Gasteiger partial charge in [0.2, 0.25) is 5.71 Å². The zero-order chi connectivity index (χ0) is 19.0. The lowest BCUT2D eigenvalue weighted by Crippen LogP contribution is -2.21. The van der Waals surface area contributed by atoms with Crippen LogP contribution in [0.15, 0.2) is 33.4 Å². The molecule has 0 fully saturated rings. The molecule has 0 bridgehead atoms. The molecular weight excluding hydrogens is 370 g/mol. The van der Waals surface area contributed by atoms with Gasteiger partial charge in [-0.05, 0) is 19.3 Å². The first-order valence-corrected chi connectivity index (χ1v) is 9.64. The predicted octanol–water partition coefficient (Wildman–Crippen LogP) is 2.04. The summed E-state index contributed by atoms with van der Waals surface area (Å²) in [6, 6.07) is 1.88. The number of carboxylic acid groups (broad SMARTS) is 1. The third-order valence-electron chi connectivity index (χ3n) is 4.73. The highest BCUT2D eigenvalue weighted by Crippen LogP contribution is 2.30. The molecule has 1 atom stereocenters. The van der Waals surface area contributed by atoms with E-state index in [1.807, 2.05) is 10.6 Å². The number of nitrogens with zero attached hydrogens (tertiary/aromatic N) is 2. The summed E-state index contributed by atoms with van der Waals surface area (Å²) in [5.74, 6) is -0.581. The van der Waals surface area contributed by atoms with Gasteiger partial charge in [0, 0.05) is 35.8 Å². The number of methoxy groups -OCH3 is 1. The number of carbonyl (C=O) groups is 2. The average Bonchev–Trinajstić information content (AvgIpc) is 3.11. The molecule has 2 aromatic heterocycles. The van der Waals surface area contributed by atoms with Crippen molar-refractivity contribution in [2.45, 2.75) is 37.4 Å². The maximum atomic E-state index is 12.2. The molecule has 0 amide bonds. The van der Waals surface area contributed by atoms with E-state index >= 15 is 0 Å². The number of nitrogens with one attached hydrogen (secondary N) is 1. The number of carboxylic acids is 1. The van der Waals surface area contributed by atoms with Crippen molar-refractivity contribution in [2.75, 3.05) is 7.11 Å². The molecule has 8 nitrogen and oxygen atoms in total. The predicted molar refractivity (Wildman–Crippen MR) is 98.1 cm³/mol. The van der Waals surface area contributed by atoms with E-state index in [0.717, 1.165) is 42.8 Å². The van der Waals surface area contributed by atoms with Gasteiger partial charge in [-0.15, -0.1) is 11.8 Å². The largest absolute Gasteiger partial charge is 0.477 e. The van der Waals surface area contributed by atoms with Crippen LogP contribution in [0.25, 0.3) is 5.71 Å². The second-order valence-electron chi connectivity index (χ2n) is 6.47. The van der Waals surface area contributed by atoms with Crippen molar-refractivity contribution >= 4 is 29.4 Å². The Morgan fingerprint density at radius 1 is 1.44 bits per heavy atom. The van der Waals surface area contributed by atoms with Crippen LogP contribution in [0.5, 0.6) is 0 Å². The van der Waals surface area contributed by atoms with E-state index in [4.69, 9.17) is 9.15 Å². The summed E-state index contributed by atoms with van der Waals surface area (Å²) >= 11 is 1.25. The maximum absolute atomic E-state index is 12.2. The molecule has 1 unspecified atom stereocenters. The number of carbonyl (C=O) groups excluding carboxylic acids is 1. The molecule has 1 aliphatic carbocycles. The molecule has 0 radical (unpaired) electrons. The highest BCUT2D eigenvalue weighted by Gasteiger charge is 2.27. The summed E-state index contributed by atoms with van der Waals surface area (Å²) in [5.41, 5.74) is 2.98. The van der Waals surface area contributed by atoms with Gasteiger partial charge in [-0.3, -0.25) is 0 Å². The molecule has 27 heavy (non-hydrogen) atoms. The quantitative estimate of drug-likeness (QED) is 0.765. The van der Waals surface area contributed by atoms with Crippen LogP contribution in [0.3, 0.4) is 0 Å². The summed E-state index contributed by atoms with van der Waals surface area (Å²) in [6.07, 6.45) is 5.99. The van der Waals surface area contributed by atoms with Crippen molar-refractivity contribution in [3.05, 3.63) is 46.1 Å². The standard InChI is InChI=1S/C18H19N3O5S/c1-25-18(24)11-8-19-12(17(22)23)9-27-15(11)6-10-7-16-21(20-10)13-4-2-3-5-14(13)26-16/h7-9,15,19H,2-6H2,1H3,(H,22,23). The Bertz CT molecular complexity index is 971. The zero-order valence-electron chi connectivity index (χ0n) is 14.7. The summed E-state index contributed by atoms with van der Waals surface area (Å²) in [4.78, 5) is 23.4. The lowest BCUT2D eigenvalue weighted by atomic mass is 10.0. The molecule has 2 aromatic rings. The summed E-state index contributed by atoms with van der Waals surface area (Å²) in [5, 5.41) is 17.7. The van der Waals surface area contributed by atoms with Gasteiger partial charge in [0.1, 0.15) is 11.5 Å². The number of fused-ring (bicyclic) bond motifs is 3. The third kappa shape index (κ3) is 3.34. The van der Waals surface area contributed by atoms with Gasteiger partial charge >= 0.3 is 11.9 Å². The second-order valence-corrected chi connectivity index (χ2v) is 7.54. The smallest absolute Gasteiger partial charge is 0.352 e. The van der Waals surface area contributed by atoms with E-state index in [9.17, 15) is 14.7 Å². The minimum atomic E-state index is -1.09. The van der Waals surface area contributed by atoms with Crippen molar-refractivity contribution in [2.24, 2.45) is 0 Å². The van der Waals surface area contributed by atoms with Crippen LogP contribution < -0.4 is 5.32 Å². The molecule has 1 aliphatic heterocycles. The van der Waals surface area contributed by atoms with Crippen LogP contribution in [0.2, 0.25) is 0 Å². The normalized spacial score (nSPS) is 19.5. The number of hydrogen-bond donors (Lipinski definition) is 2. The van der Waals surface area contributed by atoms with E-state index in [1.54, 1.807) is 0 Å². The average molecular weight is 389 g/mol. The molecule has 2 aliphatic rings. The number of thioether (sulfide) groups is 1. The van der Waals surface area contributed by atoms with Crippen LogP contribution >= 0.6 is 11.8 Å². The fraction of sp³-hybridized carbons (Fsp3) is 0.389. The van der Waals surface area contributed by atoms with Gasteiger partial charge in [0.05, 0.1) is 24.1 Å². The van der Waals surface area contributed by atoms with E-state index in [0.29, 0.717) is 17.7 Å². The molecule has 2 N–H and O–H groups in total. The summed E-state index contributed by atoms with van der Waals surface area (Å²) in [6.45, 7) is 0.